The molecule has 3 aromatic carbocycles. The Balaban J connectivity index is 0.000000564. The highest BCUT2D eigenvalue weighted by molar-refractivity contribution is 5.95. The summed E-state index contributed by atoms with van der Waals surface area (Å²) in [4.78, 5) is 27.4. The molecule has 0 fully saturated rings. The second-order valence-electron chi connectivity index (χ2n) is 10.6. The van der Waals surface area contributed by atoms with Crippen molar-refractivity contribution in [2.75, 3.05) is 11.5 Å². The smallest absolute Gasteiger partial charge is 0.490 e. The van der Waals surface area contributed by atoms with E-state index >= 15 is 4.39 Å². The number of nitrogens with two attached hydrogens (primary N) is 1. The van der Waals surface area contributed by atoms with Crippen LogP contribution < -0.4 is 20.1 Å². The van der Waals surface area contributed by atoms with E-state index in [1.54, 1.807) is 47.5 Å². The minimum Gasteiger partial charge on any atom is -0.494 e. The Bertz CT molecular complexity index is 1790. The fraction of sp³-hybridized carbons (Fsp3) is 0.273. The first kappa shape index (κ1) is 42.3. The van der Waals surface area contributed by atoms with E-state index < -0.39 is 30.1 Å². The number of hydrogen-bond acceptors (Lipinski definition) is 8. The van der Waals surface area contributed by atoms with Gasteiger partial charge in [0.05, 0.1) is 43.4 Å². The summed E-state index contributed by atoms with van der Waals surface area (Å²) in [5, 5.41) is 31.7. The number of carboxylic acid groups (broad SMARTS) is 2. The maximum absolute atomic E-state index is 15.9. The number of carbonyl (C=O) groups is 2. The lowest BCUT2D eigenvalue weighted by Crippen LogP contribution is -2.21. The number of aromatic amines is 1. The average Bonchev–Trinajstić information content (AvgIpc) is 3.53. The molecule has 0 unspecified atom stereocenters. The van der Waals surface area contributed by atoms with Crippen molar-refractivity contribution >= 4 is 29.1 Å². The summed E-state index contributed by atoms with van der Waals surface area (Å²) in [5.74, 6) is -4.96. The van der Waals surface area contributed by atoms with Gasteiger partial charge in [0.1, 0.15) is 17.4 Å². The van der Waals surface area contributed by atoms with E-state index in [0.717, 1.165) is 16.8 Å². The number of imidazole rings is 1. The monoisotopic (exact) mass is 745 g/mol. The second kappa shape index (κ2) is 18.4. The number of halogens is 7. The summed E-state index contributed by atoms with van der Waals surface area (Å²) in [7, 11) is 0. The maximum Gasteiger partial charge on any atom is 0.490 e. The highest BCUT2D eigenvalue weighted by Gasteiger charge is 2.39. The number of ether oxygens (including phenoxy) is 2. The number of nitrogens with zero attached hydrogens (tertiary/aromatic N) is 2. The largest absolute Gasteiger partial charge is 0.494 e. The van der Waals surface area contributed by atoms with Crippen LogP contribution >= 0.6 is 0 Å². The van der Waals surface area contributed by atoms with Crippen molar-refractivity contribution in [2.45, 2.75) is 52.4 Å². The number of hydrogen-bond donors (Lipinski definition) is 6. The first-order valence-electron chi connectivity index (χ1n) is 14.9. The lowest BCUT2D eigenvalue weighted by molar-refractivity contribution is -0.193. The third-order valence-electron chi connectivity index (χ3n) is 6.35. The normalized spacial score (nSPS) is 11.1. The predicted molar refractivity (Wildman–Crippen MR) is 174 cm³/mol. The number of nitrogen functional groups attached to an aromatic ring is 1. The quantitative estimate of drug-likeness (QED) is 0.0541. The minimum atomic E-state index is -5.08. The van der Waals surface area contributed by atoms with E-state index in [9.17, 15) is 31.4 Å². The lowest BCUT2D eigenvalue weighted by atomic mass is 10.1. The number of H-pyrrole nitrogens is 1. The summed E-state index contributed by atoms with van der Waals surface area (Å²) in [6.07, 6.45) is -8.71. The van der Waals surface area contributed by atoms with E-state index in [4.69, 9.17) is 40.4 Å². The Morgan fingerprint density at radius 2 is 1.54 bits per heavy atom. The van der Waals surface area contributed by atoms with Gasteiger partial charge in [-0.2, -0.15) is 26.3 Å². The molecule has 0 spiro atoms. The third kappa shape index (κ3) is 12.5. The summed E-state index contributed by atoms with van der Waals surface area (Å²) in [6.45, 7) is 6.02. The zero-order chi connectivity index (χ0) is 39.4. The van der Waals surface area contributed by atoms with Crippen molar-refractivity contribution in [1.82, 2.24) is 9.97 Å². The van der Waals surface area contributed by atoms with Crippen LogP contribution in [0.15, 0.2) is 66.9 Å². The summed E-state index contributed by atoms with van der Waals surface area (Å²) < 4.78 is 90.9. The van der Waals surface area contributed by atoms with Gasteiger partial charge in [-0.25, -0.2) is 19.0 Å². The number of amidine groups is 1. The molecule has 0 aliphatic heterocycles. The Morgan fingerprint density at radius 3 is 2.02 bits per heavy atom. The predicted octanol–water partition coefficient (Wildman–Crippen LogP) is 6.78. The molecule has 7 N–H and O–H groups in total. The van der Waals surface area contributed by atoms with Crippen LogP contribution in [-0.4, -0.2) is 68.1 Å². The first-order chi connectivity index (χ1) is 24.2. The number of rotatable bonds is 11. The molecule has 0 aliphatic rings. The van der Waals surface area contributed by atoms with Gasteiger partial charge in [-0.15, -0.1) is 0 Å². The van der Waals surface area contributed by atoms with Crippen LogP contribution in [0, 0.1) is 11.2 Å². The molecule has 0 aliphatic carbocycles. The van der Waals surface area contributed by atoms with Crippen LogP contribution in [0.4, 0.5) is 42.1 Å². The number of aromatic nitrogens is 2. The lowest BCUT2D eigenvalue weighted by Gasteiger charge is -2.26. The van der Waals surface area contributed by atoms with Gasteiger partial charge in [0.25, 0.3) is 0 Å². The molecule has 12 nitrogen and oxygen atoms in total. The van der Waals surface area contributed by atoms with Crippen molar-refractivity contribution in [2.24, 2.45) is 5.73 Å². The molecule has 4 rings (SSSR count). The highest BCUT2D eigenvalue weighted by atomic mass is 19.4. The number of aliphatic hydroxyl groups excluding tert-OH is 1. The van der Waals surface area contributed by atoms with Crippen LogP contribution in [0.25, 0.3) is 11.3 Å². The topological polar surface area (TPSA) is 195 Å². The number of aliphatic hydroxyl groups is 1. The highest BCUT2D eigenvalue weighted by Crippen LogP contribution is 2.38. The van der Waals surface area contributed by atoms with Crippen LogP contribution in [0.2, 0.25) is 0 Å². The van der Waals surface area contributed by atoms with Gasteiger partial charge in [-0.3, -0.25) is 5.41 Å². The van der Waals surface area contributed by atoms with E-state index in [1.807, 2.05) is 45.0 Å². The van der Waals surface area contributed by atoms with Crippen molar-refractivity contribution in [3.05, 3.63) is 89.6 Å². The molecule has 0 bridgehead atoms. The Kier molecular flexibility index (Phi) is 15.0. The van der Waals surface area contributed by atoms with E-state index in [0.29, 0.717) is 29.4 Å². The van der Waals surface area contributed by atoms with E-state index in [1.165, 1.54) is 0 Å². The molecule has 1 aromatic heterocycles. The van der Waals surface area contributed by atoms with Crippen molar-refractivity contribution in [3.63, 3.8) is 0 Å². The molecule has 52 heavy (non-hydrogen) atoms. The molecule has 19 heteroatoms. The summed E-state index contributed by atoms with van der Waals surface area (Å²) >= 11 is 0. The molecule has 4 aromatic rings. The molecule has 0 saturated heterocycles. The van der Waals surface area contributed by atoms with Gasteiger partial charge in [-0.05, 0) is 50.6 Å². The SMILES string of the molecule is CCOc1cc(OC(C)C)c(F)c(N(Cc2ncc(-c3ccccc3CO)[nH]2)c2ccc(C(=N)N)cc2)c1.O=C(O)C(F)(F)F.O=C(O)C(F)(F)F. The molecule has 282 valence electrons. The van der Waals surface area contributed by atoms with E-state index in [2.05, 4.69) is 9.97 Å². The Hall–Kier alpha value is -5.85. The fourth-order valence-corrected chi connectivity index (χ4v) is 4.13. The van der Waals surface area contributed by atoms with Gasteiger partial charge in [0, 0.05) is 28.9 Å². The number of benzene rings is 3. The number of nitrogens with one attached hydrogen (secondary N) is 2. The molecule has 0 saturated carbocycles. The zero-order valence-corrected chi connectivity index (χ0v) is 27.6. The average molecular weight is 746 g/mol. The van der Waals surface area contributed by atoms with Crippen LogP contribution in [-0.2, 0) is 22.7 Å². The third-order valence-corrected chi connectivity index (χ3v) is 6.35. The van der Waals surface area contributed by atoms with Gasteiger partial charge >= 0.3 is 24.3 Å². The second-order valence-corrected chi connectivity index (χ2v) is 10.6. The Labute approximate surface area is 291 Å². The van der Waals surface area contributed by atoms with Gasteiger partial charge < -0.3 is 40.4 Å². The molecule has 0 radical (unpaired) electrons. The number of anilines is 2. The molecule has 1 heterocycles. The van der Waals surface area contributed by atoms with E-state index in [-0.39, 0.29) is 36.5 Å². The van der Waals surface area contributed by atoms with Crippen LogP contribution in [0.1, 0.15) is 37.7 Å². The zero-order valence-electron chi connectivity index (χ0n) is 27.6. The minimum absolute atomic E-state index is 0.0570. The van der Waals surface area contributed by atoms with Gasteiger partial charge in [0.2, 0.25) is 0 Å². The van der Waals surface area contributed by atoms with Gasteiger partial charge in [-0.1, -0.05) is 24.3 Å². The summed E-state index contributed by atoms with van der Waals surface area (Å²) in [5.41, 5.74) is 9.45. The van der Waals surface area contributed by atoms with Crippen LogP contribution in [0.5, 0.6) is 11.5 Å². The molecule has 0 atom stereocenters. The molecule has 0 amide bonds. The van der Waals surface area contributed by atoms with Crippen LogP contribution in [0.3, 0.4) is 0 Å². The number of alkyl halides is 6. The summed E-state index contributed by atoms with van der Waals surface area (Å²) in [6, 6.07) is 17.7. The fourth-order valence-electron chi connectivity index (χ4n) is 4.13. The van der Waals surface area contributed by atoms with Gasteiger partial charge in [0.15, 0.2) is 11.6 Å². The molecular formula is C33H34F7N5O7. The van der Waals surface area contributed by atoms with Crippen molar-refractivity contribution < 1.29 is 65.1 Å². The number of carboxylic acids is 2. The molecular weight excluding hydrogens is 711 g/mol. The van der Waals surface area contributed by atoms with Crippen molar-refractivity contribution in [1.29, 1.82) is 5.41 Å². The van der Waals surface area contributed by atoms with Crippen molar-refractivity contribution in [3.8, 4) is 22.8 Å². The Morgan fingerprint density at radius 1 is 0.981 bits per heavy atom. The number of aliphatic carboxylic acids is 2. The standard InChI is InChI=1S/C29H32FN5O3.2C2HF3O2/c1-4-37-22-13-25(28(30)26(14-22)38-18(2)3)35(21-11-9-19(10-12-21)29(31)32)16-27-33-15-24(34-27)23-8-6-5-7-20(23)17-36;2*3-2(4,5)1(6)7/h5-15,18,36H,4,16-17H2,1-3H3,(H3,31,32)(H,33,34);2*(H,6,7). The first-order valence-corrected chi connectivity index (χ1v) is 14.9. The maximum atomic E-state index is 15.9.